The predicted octanol–water partition coefficient (Wildman–Crippen LogP) is 3.64. The molecule has 0 radical (unpaired) electrons. The van der Waals surface area contributed by atoms with E-state index in [9.17, 15) is 9.59 Å². The number of hydrogen-bond donors (Lipinski definition) is 2. The molecule has 0 heterocycles. The number of aliphatic carboxylic acids is 1. The number of anilines is 1. The van der Waals surface area contributed by atoms with Crippen molar-refractivity contribution < 1.29 is 14.7 Å². The summed E-state index contributed by atoms with van der Waals surface area (Å²) in [6, 6.07) is 12.3. The summed E-state index contributed by atoms with van der Waals surface area (Å²) < 4.78 is 0.825. The van der Waals surface area contributed by atoms with Crippen LogP contribution in [0.1, 0.15) is 21.5 Å². The number of hydrogen-bond acceptors (Lipinski definition) is 2. The average molecular weight is 348 g/mol. The van der Waals surface area contributed by atoms with Gasteiger partial charge in [-0.3, -0.25) is 9.59 Å². The molecule has 0 aliphatic rings. The molecular formula is C16H14BrNO3. The van der Waals surface area contributed by atoms with Crippen LogP contribution < -0.4 is 5.32 Å². The van der Waals surface area contributed by atoms with E-state index >= 15 is 0 Å². The van der Waals surface area contributed by atoms with Crippen LogP contribution in [0.25, 0.3) is 0 Å². The summed E-state index contributed by atoms with van der Waals surface area (Å²) in [6.07, 6.45) is -0.131. The number of carboxylic acids is 1. The minimum Gasteiger partial charge on any atom is -0.481 e. The number of carboxylic acid groups (broad SMARTS) is 1. The first kappa shape index (κ1) is 15.3. The first-order chi connectivity index (χ1) is 9.95. The molecule has 21 heavy (non-hydrogen) atoms. The van der Waals surface area contributed by atoms with Gasteiger partial charge < -0.3 is 10.4 Å². The lowest BCUT2D eigenvalue weighted by molar-refractivity contribution is -0.136. The predicted molar refractivity (Wildman–Crippen MR) is 84.6 cm³/mol. The zero-order chi connectivity index (χ0) is 15.4. The van der Waals surface area contributed by atoms with Crippen LogP contribution in [0.2, 0.25) is 0 Å². The highest BCUT2D eigenvalue weighted by atomic mass is 79.9. The first-order valence-electron chi connectivity index (χ1n) is 6.34. The SMILES string of the molecule is Cc1cc(Br)cc(C(=O)Nc2ccccc2CC(=O)O)c1. The van der Waals surface area contributed by atoms with Gasteiger partial charge in [-0.1, -0.05) is 34.1 Å². The molecule has 2 N–H and O–H groups in total. The second kappa shape index (κ2) is 6.54. The molecule has 0 aliphatic carbocycles. The van der Waals surface area contributed by atoms with Gasteiger partial charge in [0.15, 0.2) is 0 Å². The summed E-state index contributed by atoms with van der Waals surface area (Å²) >= 11 is 3.36. The average Bonchev–Trinajstić information content (AvgIpc) is 2.39. The largest absolute Gasteiger partial charge is 0.481 e. The molecule has 2 aromatic carbocycles. The number of para-hydroxylation sites is 1. The molecule has 108 valence electrons. The number of carbonyl (C=O) groups is 2. The van der Waals surface area contributed by atoms with Crippen LogP contribution in [0.3, 0.4) is 0 Å². The van der Waals surface area contributed by atoms with Crippen molar-refractivity contribution in [2.45, 2.75) is 13.3 Å². The molecule has 5 heteroatoms. The van der Waals surface area contributed by atoms with Gasteiger partial charge in [0.05, 0.1) is 6.42 Å². The molecule has 0 saturated heterocycles. The lowest BCUT2D eigenvalue weighted by Gasteiger charge is -2.10. The van der Waals surface area contributed by atoms with E-state index in [2.05, 4.69) is 21.2 Å². The maximum atomic E-state index is 12.3. The Labute approximate surface area is 130 Å². The van der Waals surface area contributed by atoms with Gasteiger partial charge in [0.1, 0.15) is 0 Å². The molecule has 0 fully saturated rings. The standard InChI is InChI=1S/C16H14BrNO3/c1-10-6-12(8-13(17)7-10)16(21)18-14-5-3-2-4-11(14)9-15(19)20/h2-8H,9H2,1H3,(H,18,21)(H,19,20). The highest BCUT2D eigenvalue weighted by molar-refractivity contribution is 9.10. The number of amides is 1. The third-order valence-corrected chi connectivity index (χ3v) is 3.37. The number of nitrogens with one attached hydrogen (secondary N) is 1. The monoisotopic (exact) mass is 347 g/mol. The second-order valence-corrected chi connectivity index (χ2v) is 5.61. The van der Waals surface area contributed by atoms with Gasteiger partial charge in [-0.2, -0.15) is 0 Å². The van der Waals surface area contributed by atoms with Gasteiger partial charge in [0.2, 0.25) is 0 Å². The molecule has 1 amide bonds. The maximum Gasteiger partial charge on any atom is 0.307 e. The highest BCUT2D eigenvalue weighted by Crippen LogP contribution is 2.19. The van der Waals surface area contributed by atoms with E-state index in [0.717, 1.165) is 10.0 Å². The Morgan fingerprint density at radius 3 is 2.57 bits per heavy atom. The van der Waals surface area contributed by atoms with Crippen molar-refractivity contribution in [2.75, 3.05) is 5.32 Å². The van der Waals surface area contributed by atoms with Gasteiger partial charge >= 0.3 is 5.97 Å². The smallest absolute Gasteiger partial charge is 0.307 e. The van der Waals surface area contributed by atoms with Crippen molar-refractivity contribution >= 4 is 33.5 Å². The van der Waals surface area contributed by atoms with E-state index in [1.807, 2.05) is 13.0 Å². The fourth-order valence-electron chi connectivity index (χ4n) is 2.02. The third kappa shape index (κ3) is 4.16. The normalized spacial score (nSPS) is 10.2. The molecule has 0 bridgehead atoms. The Morgan fingerprint density at radius 2 is 1.90 bits per heavy atom. The Kier molecular flexibility index (Phi) is 4.75. The third-order valence-electron chi connectivity index (χ3n) is 2.91. The van der Waals surface area contributed by atoms with Gasteiger partial charge in [-0.25, -0.2) is 0 Å². The quantitative estimate of drug-likeness (QED) is 0.887. The van der Waals surface area contributed by atoms with Crippen molar-refractivity contribution in [3.05, 3.63) is 63.6 Å². The van der Waals surface area contributed by atoms with E-state index in [-0.39, 0.29) is 12.3 Å². The van der Waals surface area contributed by atoms with Crippen molar-refractivity contribution in [2.24, 2.45) is 0 Å². The van der Waals surface area contributed by atoms with Crippen molar-refractivity contribution in [1.29, 1.82) is 0 Å². The molecule has 0 saturated carbocycles. The highest BCUT2D eigenvalue weighted by Gasteiger charge is 2.11. The van der Waals surface area contributed by atoms with Crippen molar-refractivity contribution in [1.82, 2.24) is 0 Å². The minimum atomic E-state index is -0.935. The zero-order valence-corrected chi connectivity index (χ0v) is 13.0. The Balaban J connectivity index is 2.25. The van der Waals surface area contributed by atoms with E-state index in [1.54, 1.807) is 36.4 Å². The molecule has 4 nitrogen and oxygen atoms in total. The van der Waals surface area contributed by atoms with Crippen LogP contribution in [0.15, 0.2) is 46.9 Å². The molecule has 2 aromatic rings. The number of aryl methyl sites for hydroxylation is 1. The van der Waals surface area contributed by atoms with Crippen LogP contribution in [0, 0.1) is 6.92 Å². The zero-order valence-electron chi connectivity index (χ0n) is 11.4. The molecule has 2 rings (SSSR count). The van der Waals surface area contributed by atoms with E-state index in [0.29, 0.717) is 16.8 Å². The lowest BCUT2D eigenvalue weighted by atomic mass is 10.1. The van der Waals surface area contributed by atoms with Gasteiger partial charge in [0.25, 0.3) is 5.91 Å². The van der Waals surface area contributed by atoms with Crippen LogP contribution in [0.4, 0.5) is 5.69 Å². The summed E-state index contributed by atoms with van der Waals surface area (Å²) in [4.78, 5) is 23.1. The summed E-state index contributed by atoms with van der Waals surface area (Å²) in [6.45, 7) is 1.90. The van der Waals surface area contributed by atoms with Gasteiger partial charge in [-0.15, -0.1) is 0 Å². The molecule has 0 aliphatic heterocycles. The molecule has 0 unspecified atom stereocenters. The van der Waals surface area contributed by atoms with Crippen LogP contribution in [0.5, 0.6) is 0 Å². The number of halogens is 1. The summed E-state index contributed by atoms with van der Waals surface area (Å²) in [7, 11) is 0. The topological polar surface area (TPSA) is 66.4 Å². The summed E-state index contributed by atoms with van der Waals surface area (Å²) in [5.41, 5.74) is 2.58. The summed E-state index contributed by atoms with van der Waals surface area (Å²) in [5, 5.41) is 11.7. The van der Waals surface area contributed by atoms with Crippen LogP contribution in [-0.4, -0.2) is 17.0 Å². The molecule has 0 aromatic heterocycles. The number of carbonyl (C=O) groups excluding carboxylic acids is 1. The Hall–Kier alpha value is -2.14. The minimum absolute atomic E-state index is 0.131. The fourth-order valence-corrected chi connectivity index (χ4v) is 2.63. The van der Waals surface area contributed by atoms with Crippen molar-refractivity contribution in [3.63, 3.8) is 0 Å². The van der Waals surface area contributed by atoms with Crippen LogP contribution >= 0.6 is 15.9 Å². The lowest BCUT2D eigenvalue weighted by Crippen LogP contribution is -2.14. The number of rotatable bonds is 4. The van der Waals surface area contributed by atoms with E-state index < -0.39 is 5.97 Å². The first-order valence-corrected chi connectivity index (χ1v) is 7.13. The Bertz CT molecular complexity index is 677. The van der Waals surface area contributed by atoms with Crippen molar-refractivity contribution in [3.8, 4) is 0 Å². The molecular weight excluding hydrogens is 334 g/mol. The fraction of sp³-hybridized carbons (Fsp3) is 0.125. The molecule has 0 atom stereocenters. The van der Waals surface area contributed by atoms with E-state index in [4.69, 9.17) is 5.11 Å². The summed E-state index contributed by atoms with van der Waals surface area (Å²) in [5.74, 6) is -1.20. The molecule has 0 spiro atoms. The van der Waals surface area contributed by atoms with E-state index in [1.165, 1.54) is 0 Å². The Morgan fingerprint density at radius 1 is 1.19 bits per heavy atom. The van der Waals surface area contributed by atoms with Gasteiger partial charge in [0, 0.05) is 15.7 Å². The maximum absolute atomic E-state index is 12.3. The van der Waals surface area contributed by atoms with Crippen LogP contribution in [-0.2, 0) is 11.2 Å². The van der Waals surface area contributed by atoms with Gasteiger partial charge in [-0.05, 0) is 42.3 Å². The number of benzene rings is 2. The second-order valence-electron chi connectivity index (χ2n) is 4.70.